The Labute approximate surface area is 165 Å². The van der Waals surface area contributed by atoms with Crippen molar-refractivity contribution in [3.8, 4) is 5.75 Å². The number of halogens is 1. The van der Waals surface area contributed by atoms with Crippen LogP contribution in [-0.4, -0.2) is 36.4 Å². The van der Waals surface area contributed by atoms with E-state index >= 15 is 0 Å². The maximum absolute atomic E-state index is 13.0. The van der Waals surface area contributed by atoms with Crippen molar-refractivity contribution in [3.63, 3.8) is 0 Å². The van der Waals surface area contributed by atoms with Gasteiger partial charge in [0, 0.05) is 29.4 Å². The number of hydrogen-bond acceptors (Lipinski definition) is 5. The third-order valence-electron chi connectivity index (χ3n) is 4.85. The molecule has 0 fully saturated rings. The van der Waals surface area contributed by atoms with E-state index in [0.29, 0.717) is 17.3 Å². The van der Waals surface area contributed by atoms with Crippen molar-refractivity contribution in [2.75, 3.05) is 29.5 Å². The minimum absolute atomic E-state index is 0.174. The summed E-state index contributed by atoms with van der Waals surface area (Å²) in [6.07, 6.45) is 1.61. The molecule has 0 aromatic heterocycles. The summed E-state index contributed by atoms with van der Waals surface area (Å²) >= 11 is 6.05. The highest BCUT2D eigenvalue weighted by Crippen LogP contribution is 2.36. The Hall–Kier alpha value is -3.13. The minimum Gasteiger partial charge on any atom is -0.482 e. The van der Waals surface area contributed by atoms with Gasteiger partial charge in [-0.25, -0.2) is 0 Å². The molecule has 2 aromatic carbocycles. The van der Waals surface area contributed by atoms with Gasteiger partial charge in [-0.05, 0) is 42.7 Å². The molecule has 144 valence electrons. The fourth-order valence-corrected chi connectivity index (χ4v) is 3.72. The molecule has 2 aromatic rings. The number of carbonyl (C=O) groups excluding carboxylic acids is 2. The van der Waals surface area contributed by atoms with Gasteiger partial charge in [0.05, 0.1) is 10.6 Å². The number of nitro groups is 1. The van der Waals surface area contributed by atoms with Crippen LogP contribution in [0.3, 0.4) is 0 Å². The van der Waals surface area contributed by atoms with E-state index in [2.05, 4.69) is 0 Å². The van der Waals surface area contributed by atoms with Crippen LogP contribution in [-0.2, 0) is 16.0 Å². The third kappa shape index (κ3) is 3.27. The highest BCUT2D eigenvalue weighted by Gasteiger charge is 2.32. The monoisotopic (exact) mass is 401 g/mol. The Morgan fingerprint density at radius 2 is 2.04 bits per heavy atom. The fourth-order valence-electron chi connectivity index (χ4n) is 3.52. The van der Waals surface area contributed by atoms with Crippen LogP contribution in [0, 0.1) is 10.1 Å². The van der Waals surface area contributed by atoms with Crippen molar-refractivity contribution in [1.82, 2.24) is 0 Å². The second kappa shape index (κ2) is 7.12. The second-order valence-corrected chi connectivity index (χ2v) is 7.04. The number of carbonyl (C=O) groups is 2. The summed E-state index contributed by atoms with van der Waals surface area (Å²) in [5.74, 6) is -0.352. The van der Waals surface area contributed by atoms with Crippen molar-refractivity contribution in [2.45, 2.75) is 12.8 Å². The van der Waals surface area contributed by atoms with Crippen LogP contribution < -0.4 is 14.5 Å². The van der Waals surface area contributed by atoms with Gasteiger partial charge in [0.1, 0.15) is 12.3 Å². The van der Waals surface area contributed by atoms with E-state index in [1.165, 1.54) is 23.1 Å². The molecule has 2 aliphatic heterocycles. The van der Waals surface area contributed by atoms with Crippen LogP contribution in [0.15, 0.2) is 36.4 Å². The second-order valence-electron chi connectivity index (χ2n) is 6.60. The molecular formula is C19H16ClN3O5. The van der Waals surface area contributed by atoms with Crippen LogP contribution in [0.5, 0.6) is 5.75 Å². The lowest BCUT2D eigenvalue weighted by molar-refractivity contribution is -0.384. The molecule has 0 N–H and O–H groups in total. The molecule has 0 saturated heterocycles. The van der Waals surface area contributed by atoms with Crippen molar-refractivity contribution in [1.29, 1.82) is 0 Å². The average Bonchev–Trinajstić information content (AvgIpc) is 2.68. The Kier molecular flexibility index (Phi) is 4.64. The highest BCUT2D eigenvalue weighted by molar-refractivity contribution is 6.30. The van der Waals surface area contributed by atoms with Crippen LogP contribution >= 0.6 is 11.6 Å². The van der Waals surface area contributed by atoms with Crippen molar-refractivity contribution in [2.24, 2.45) is 0 Å². The van der Waals surface area contributed by atoms with Gasteiger partial charge in [-0.1, -0.05) is 11.6 Å². The molecule has 2 amide bonds. The summed E-state index contributed by atoms with van der Waals surface area (Å²) < 4.78 is 5.34. The van der Waals surface area contributed by atoms with Gasteiger partial charge in [0.25, 0.3) is 11.6 Å². The quantitative estimate of drug-likeness (QED) is 0.582. The molecule has 0 bridgehead atoms. The van der Waals surface area contributed by atoms with Gasteiger partial charge in [0.15, 0.2) is 6.61 Å². The number of anilines is 2. The standard InChI is InChI=1S/C19H16ClN3O5/c20-13-3-5-15-12(8-13)2-1-7-21(15)18(24)10-22-16-9-14(23(26)27)4-6-17(16)28-11-19(22)25/h3-6,8-9H,1-2,7,10-11H2. The number of ether oxygens (including phenoxy) is 1. The third-order valence-corrected chi connectivity index (χ3v) is 5.09. The number of nitro benzene ring substituents is 1. The summed E-state index contributed by atoms with van der Waals surface area (Å²) in [7, 11) is 0. The number of amides is 2. The van der Waals surface area contributed by atoms with Crippen LogP contribution in [0.2, 0.25) is 5.02 Å². The molecule has 0 saturated carbocycles. The number of nitrogens with zero attached hydrogens (tertiary/aromatic N) is 3. The van der Waals surface area contributed by atoms with Gasteiger partial charge in [-0.2, -0.15) is 0 Å². The van der Waals surface area contributed by atoms with Gasteiger partial charge in [-0.15, -0.1) is 0 Å². The topological polar surface area (TPSA) is 93.0 Å². The summed E-state index contributed by atoms with van der Waals surface area (Å²) in [5.41, 5.74) is 1.82. The molecule has 28 heavy (non-hydrogen) atoms. The molecule has 0 radical (unpaired) electrons. The Morgan fingerprint density at radius 1 is 1.21 bits per heavy atom. The molecule has 0 aliphatic carbocycles. The zero-order valence-electron chi connectivity index (χ0n) is 14.8. The summed E-state index contributed by atoms with van der Waals surface area (Å²) in [5, 5.41) is 11.7. The molecule has 0 atom stereocenters. The summed E-state index contributed by atoms with van der Waals surface area (Å²) in [6, 6.07) is 9.37. The maximum Gasteiger partial charge on any atom is 0.271 e. The molecule has 0 spiro atoms. The van der Waals surface area contributed by atoms with E-state index in [1.54, 1.807) is 17.0 Å². The molecule has 8 nitrogen and oxygen atoms in total. The van der Waals surface area contributed by atoms with Gasteiger partial charge in [0.2, 0.25) is 5.91 Å². The van der Waals surface area contributed by atoms with Gasteiger partial charge < -0.3 is 9.64 Å². The number of hydrogen-bond donors (Lipinski definition) is 0. The van der Waals surface area contributed by atoms with E-state index in [9.17, 15) is 19.7 Å². The molecule has 4 rings (SSSR count). The Bertz CT molecular complexity index is 994. The smallest absolute Gasteiger partial charge is 0.271 e. The van der Waals surface area contributed by atoms with E-state index in [4.69, 9.17) is 16.3 Å². The number of rotatable bonds is 3. The first-order chi connectivity index (χ1) is 13.4. The highest BCUT2D eigenvalue weighted by atomic mass is 35.5. The summed E-state index contributed by atoms with van der Waals surface area (Å²) in [4.78, 5) is 38.8. The predicted molar refractivity (Wildman–Crippen MR) is 103 cm³/mol. The first-order valence-electron chi connectivity index (χ1n) is 8.74. The maximum atomic E-state index is 13.0. The van der Waals surface area contributed by atoms with Crippen LogP contribution in [0.25, 0.3) is 0 Å². The summed E-state index contributed by atoms with van der Waals surface area (Å²) in [6.45, 7) is 0.0938. The molecule has 2 aliphatic rings. The predicted octanol–water partition coefficient (Wildman–Crippen LogP) is 2.95. The molecule has 9 heteroatoms. The van der Waals surface area contributed by atoms with Crippen molar-refractivity contribution in [3.05, 3.63) is 57.1 Å². The normalized spacial score (nSPS) is 15.5. The van der Waals surface area contributed by atoms with Crippen LogP contribution in [0.1, 0.15) is 12.0 Å². The lowest BCUT2D eigenvalue weighted by atomic mass is 10.0. The van der Waals surface area contributed by atoms with Crippen molar-refractivity contribution >= 4 is 40.5 Å². The molecule has 0 unspecified atom stereocenters. The number of benzene rings is 2. The van der Waals surface area contributed by atoms with Crippen molar-refractivity contribution < 1.29 is 19.2 Å². The average molecular weight is 402 g/mol. The van der Waals surface area contributed by atoms with E-state index in [0.717, 1.165) is 24.1 Å². The Morgan fingerprint density at radius 3 is 2.82 bits per heavy atom. The lowest BCUT2D eigenvalue weighted by Gasteiger charge is -2.33. The SMILES string of the molecule is O=C(CN1C(=O)COc2ccc([N+](=O)[O-])cc21)N1CCCc2cc(Cl)ccc21. The fraction of sp³-hybridized carbons (Fsp3) is 0.263. The first-order valence-corrected chi connectivity index (χ1v) is 9.12. The number of non-ortho nitro benzene ring substituents is 1. The first kappa shape index (κ1) is 18.2. The number of fused-ring (bicyclic) bond motifs is 2. The number of aryl methyl sites for hydroxylation is 1. The molecular weight excluding hydrogens is 386 g/mol. The van der Waals surface area contributed by atoms with E-state index in [1.807, 2.05) is 6.07 Å². The zero-order valence-corrected chi connectivity index (χ0v) is 15.5. The van der Waals surface area contributed by atoms with Gasteiger partial charge in [-0.3, -0.25) is 24.6 Å². The van der Waals surface area contributed by atoms with Gasteiger partial charge >= 0.3 is 0 Å². The molecule has 2 heterocycles. The van der Waals surface area contributed by atoms with Crippen LogP contribution in [0.4, 0.5) is 17.1 Å². The van der Waals surface area contributed by atoms with E-state index in [-0.39, 0.29) is 30.4 Å². The zero-order chi connectivity index (χ0) is 19.8. The van der Waals surface area contributed by atoms with E-state index < -0.39 is 10.8 Å². The largest absolute Gasteiger partial charge is 0.482 e. The lowest BCUT2D eigenvalue weighted by Crippen LogP contribution is -2.47. The minimum atomic E-state index is -0.552. The Balaban J connectivity index is 1.63.